The number of benzene rings is 1. The number of hydrogen-bond acceptors (Lipinski definition) is 5. The van der Waals surface area contributed by atoms with Crippen LogP contribution in [-0.4, -0.2) is 87.3 Å². The zero-order valence-electron chi connectivity index (χ0n) is 20.8. The number of likely N-dealkylation sites (N-methyl/N-ethyl adjacent to an activating group) is 1. The Labute approximate surface area is 199 Å². The van der Waals surface area contributed by atoms with Gasteiger partial charge in [-0.15, -0.1) is 0 Å². The fourth-order valence-corrected chi connectivity index (χ4v) is 4.95. The van der Waals surface area contributed by atoms with E-state index in [-0.39, 0.29) is 35.1 Å². The van der Waals surface area contributed by atoms with Gasteiger partial charge in [0.25, 0.3) is 0 Å². The van der Waals surface area contributed by atoms with Gasteiger partial charge in [0.15, 0.2) is 0 Å². The quantitative estimate of drug-likeness (QED) is 0.584. The molecule has 0 radical (unpaired) electrons. The van der Waals surface area contributed by atoms with Gasteiger partial charge in [0.1, 0.15) is 0 Å². The van der Waals surface area contributed by atoms with Crippen LogP contribution in [0.4, 0.5) is 0 Å². The molecule has 33 heavy (non-hydrogen) atoms. The molecule has 1 saturated heterocycles. The van der Waals surface area contributed by atoms with Crippen LogP contribution in [0, 0.1) is 0 Å². The van der Waals surface area contributed by atoms with Crippen molar-refractivity contribution < 1.29 is 18.0 Å². The third-order valence-corrected chi connectivity index (χ3v) is 7.55. The smallest absolute Gasteiger partial charge is 0.240 e. The summed E-state index contributed by atoms with van der Waals surface area (Å²) in [6.45, 7) is 14.6. The zero-order valence-corrected chi connectivity index (χ0v) is 21.6. The van der Waals surface area contributed by atoms with Crippen LogP contribution in [0.3, 0.4) is 0 Å². The highest BCUT2D eigenvalue weighted by Crippen LogP contribution is 2.23. The Morgan fingerprint density at radius 1 is 1.00 bits per heavy atom. The van der Waals surface area contributed by atoms with E-state index in [0.29, 0.717) is 39.3 Å². The Morgan fingerprint density at radius 2 is 1.64 bits per heavy atom. The van der Waals surface area contributed by atoms with Crippen molar-refractivity contribution in [3.8, 4) is 0 Å². The average molecular weight is 481 g/mol. The molecule has 9 heteroatoms. The van der Waals surface area contributed by atoms with E-state index in [9.17, 15) is 18.0 Å². The molecule has 1 fully saturated rings. The van der Waals surface area contributed by atoms with Crippen molar-refractivity contribution in [2.45, 2.75) is 57.8 Å². The Kier molecular flexibility index (Phi) is 9.87. The Morgan fingerprint density at radius 3 is 2.21 bits per heavy atom. The van der Waals surface area contributed by atoms with Crippen molar-refractivity contribution in [1.29, 1.82) is 0 Å². The molecule has 1 aliphatic heterocycles. The third-order valence-electron chi connectivity index (χ3n) is 6.08. The van der Waals surface area contributed by atoms with Gasteiger partial charge in [-0.25, -0.2) is 13.1 Å². The molecule has 0 aromatic heterocycles. The van der Waals surface area contributed by atoms with Crippen molar-refractivity contribution >= 4 is 21.8 Å². The molecule has 1 aliphatic rings. The number of sulfonamides is 1. The lowest BCUT2D eigenvalue weighted by molar-refractivity contribution is -0.132. The van der Waals surface area contributed by atoms with E-state index in [1.54, 1.807) is 17.0 Å². The van der Waals surface area contributed by atoms with Gasteiger partial charge in [0.2, 0.25) is 21.8 Å². The molecular formula is C24H40N4O4S. The number of hydrogen-bond donors (Lipinski definition) is 1. The maximum Gasteiger partial charge on any atom is 0.240 e. The normalized spacial score (nSPS) is 15.8. The number of nitrogens with zero attached hydrogens (tertiary/aromatic N) is 3. The highest BCUT2D eigenvalue weighted by molar-refractivity contribution is 7.89. The summed E-state index contributed by atoms with van der Waals surface area (Å²) in [5.74, 6) is 0.0439. The van der Waals surface area contributed by atoms with Gasteiger partial charge >= 0.3 is 0 Å². The summed E-state index contributed by atoms with van der Waals surface area (Å²) < 4.78 is 27.7. The van der Waals surface area contributed by atoms with Gasteiger partial charge in [0.05, 0.1) is 11.4 Å². The summed E-state index contributed by atoms with van der Waals surface area (Å²) in [6.07, 6.45) is 0.904. The van der Waals surface area contributed by atoms with Crippen LogP contribution in [0.15, 0.2) is 29.2 Å². The third kappa shape index (κ3) is 8.08. The molecule has 186 valence electrons. The summed E-state index contributed by atoms with van der Waals surface area (Å²) in [5.41, 5.74) is 1.01. The fourth-order valence-electron chi connectivity index (χ4n) is 3.91. The van der Waals surface area contributed by atoms with Crippen LogP contribution >= 0.6 is 0 Å². The van der Waals surface area contributed by atoms with Gasteiger partial charge in [0, 0.05) is 52.2 Å². The van der Waals surface area contributed by atoms with E-state index in [1.165, 1.54) is 0 Å². The molecule has 1 heterocycles. The first-order chi connectivity index (χ1) is 15.5. The number of carbonyl (C=O) groups is 2. The van der Waals surface area contributed by atoms with Crippen molar-refractivity contribution in [2.75, 3.05) is 52.4 Å². The number of nitrogens with one attached hydrogen (secondary N) is 1. The van der Waals surface area contributed by atoms with Crippen LogP contribution in [0.2, 0.25) is 0 Å². The van der Waals surface area contributed by atoms with E-state index >= 15 is 0 Å². The maximum atomic E-state index is 12.7. The molecule has 1 aromatic carbocycles. The van der Waals surface area contributed by atoms with Crippen LogP contribution < -0.4 is 4.72 Å². The first-order valence-electron chi connectivity index (χ1n) is 11.9. The molecule has 8 nitrogen and oxygen atoms in total. The average Bonchev–Trinajstić information content (AvgIpc) is 2.99. The monoisotopic (exact) mass is 480 g/mol. The summed E-state index contributed by atoms with van der Waals surface area (Å²) >= 11 is 0. The second-order valence-electron chi connectivity index (χ2n) is 9.50. The molecule has 1 N–H and O–H groups in total. The molecule has 2 amide bonds. The second kappa shape index (κ2) is 11.9. The van der Waals surface area contributed by atoms with Crippen molar-refractivity contribution in [3.63, 3.8) is 0 Å². The first-order valence-corrected chi connectivity index (χ1v) is 13.3. The highest BCUT2D eigenvalue weighted by Gasteiger charge is 2.23. The molecule has 0 atom stereocenters. The molecule has 0 bridgehead atoms. The number of amides is 2. The molecular weight excluding hydrogens is 440 g/mol. The molecule has 0 unspecified atom stereocenters. The van der Waals surface area contributed by atoms with Gasteiger partial charge in [-0.05, 0) is 43.4 Å². The first kappa shape index (κ1) is 27.3. The van der Waals surface area contributed by atoms with Crippen LogP contribution in [0.1, 0.15) is 53.0 Å². The molecule has 0 spiro atoms. The van der Waals surface area contributed by atoms with Gasteiger partial charge in [-0.3, -0.25) is 14.5 Å². The molecule has 0 saturated carbocycles. The lowest BCUT2D eigenvalue weighted by atomic mass is 9.87. The standard InChI is InChI=1S/C24H40N4O4S/c1-6-27(7-2)23(30)19-26-15-8-16-28(18-17-26)22(29)13-14-25-33(31,32)21-11-9-20(10-12-21)24(3,4)5/h9-12,25H,6-8,13-19H2,1-5H3. The maximum absolute atomic E-state index is 12.7. The SMILES string of the molecule is CCN(CC)C(=O)CN1CCCN(C(=O)CCNS(=O)(=O)c2ccc(C(C)(C)C)cc2)CC1. The van der Waals surface area contributed by atoms with Crippen LogP contribution in [0.25, 0.3) is 0 Å². The van der Waals surface area contributed by atoms with Gasteiger partial charge in [-0.1, -0.05) is 32.9 Å². The van der Waals surface area contributed by atoms with E-state index in [2.05, 4.69) is 30.4 Å². The summed E-state index contributed by atoms with van der Waals surface area (Å²) in [5, 5.41) is 0. The van der Waals surface area contributed by atoms with E-state index < -0.39 is 10.0 Å². The predicted octanol–water partition coefficient (Wildman–Crippen LogP) is 2.06. The van der Waals surface area contributed by atoms with E-state index in [4.69, 9.17) is 0 Å². The highest BCUT2D eigenvalue weighted by atomic mass is 32.2. The minimum Gasteiger partial charge on any atom is -0.342 e. The predicted molar refractivity (Wildman–Crippen MR) is 131 cm³/mol. The minimum atomic E-state index is -3.66. The number of carbonyl (C=O) groups excluding carboxylic acids is 2. The minimum absolute atomic E-state index is 0.0520. The van der Waals surface area contributed by atoms with E-state index in [0.717, 1.165) is 18.5 Å². The van der Waals surface area contributed by atoms with E-state index in [1.807, 2.05) is 30.9 Å². The Bertz CT molecular complexity index is 890. The topological polar surface area (TPSA) is 90.0 Å². The lowest BCUT2D eigenvalue weighted by Gasteiger charge is -2.25. The Balaban J connectivity index is 1.82. The van der Waals surface area contributed by atoms with Crippen molar-refractivity contribution in [1.82, 2.24) is 19.4 Å². The van der Waals surface area contributed by atoms with Crippen molar-refractivity contribution in [2.24, 2.45) is 0 Å². The van der Waals surface area contributed by atoms with Gasteiger partial charge < -0.3 is 9.80 Å². The fraction of sp³-hybridized carbons (Fsp3) is 0.667. The molecule has 0 aliphatic carbocycles. The summed E-state index contributed by atoms with van der Waals surface area (Å²) in [7, 11) is -3.66. The largest absolute Gasteiger partial charge is 0.342 e. The molecule has 1 aromatic rings. The second-order valence-corrected chi connectivity index (χ2v) is 11.3. The number of rotatable bonds is 9. The van der Waals surface area contributed by atoms with Crippen molar-refractivity contribution in [3.05, 3.63) is 29.8 Å². The lowest BCUT2D eigenvalue weighted by Crippen LogP contribution is -2.42. The summed E-state index contributed by atoms with van der Waals surface area (Å²) in [6, 6.07) is 6.86. The summed E-state index contributed by atoms with van der Waals surface area (Å²) in [4.78, 5) is 30.9. The molecule has 2 rings (SSSR count). The van der Waals surface area contributed by atoms with Crippen LogP contribution in [-0.2, 0) is 25.0 Å². The van der Waals surface area contributed by atoms with Crippen LogP contribution in [0.5, 0.6) is 0 Å². The Hall–Kier alpha value is -1.97. The van der Waals surface area contributed by atoms with Gasteiger partial charge in [-0.2, -0.15) is 0 Å². The zero-order chi connectivity index (χ0) is 24.6.